The summed E-state index contributed by atoms with van der Waals surface area (Å²) in [5, 5.41) is 14.9. The van der Waals surface area contributed by atoms with Gasteiger partial charge in [-0.2, -0.15) is 0 Å². The van der Waals surface area contributed by atoms with Gasteiger partial charge in [0.05, 0.1) is 12.6 Å². The van der Waals surface area contributed by atoms with Crippen LogP contribution in [0, 0.1) is 0 Å². The van der Waals surface area contributed by atoms with E-state index in [0.29, 0.717) is 0 Å². The van der Waals surface area contributed by atoms with Gasteiger partial charge < -0.3 is 10.4 Å². The van der Waals surface area contributed by atoms with Crippen LogP contribution in [-0.4, -0.2) is 11.7 Å². The maximum absolute atomic E-state index is 9.48. The van der Waals surface area contributed by atoms with Crippen molar-refractivity contribution in [3.05, 3.63) is 57.8 Å². The minimum Gasteiger partial charge on any atom is -0.394 e. The summed E-state index contributed by atoms with van der Waals surface area (Å²) in [6.45, 7) is 3.07. The Labute approximate surface area is 112 Å². The van der Waals surface area contributed by atoms with Gasteiger partial charge >= 0.3 is 0 Å². The summed E-state index contributed by atoms with van der Waals surface area (Å²) >= 11 is 1.73. The van der Waals surface area contributed by atoms with Gasteiger partial charge in [0.15, 0.2) is 0 Å². The van der Waals surface area contributed by atoms with E-state index in [1.165, 1.54) is 10.4 Å². The van der Waals surface area contributed by atoms with Crippen LogP contribution in [0.3, 0.4) is 0 Å². The summed E-state index contributed by atoms with van der Waals surface area (Å²) in [6.07, 6.45) is 1.05. The number of rotatable bonds is 6. The normalized spacial score (nSPS) is 12.6. The van der Waals surface area contributed by atoms with Crippen LogP contribution >= 0.6 is 11.3 Å². The Kier molecular flexibility index (Phi) is 4.93. The van der Waals surface area contributed by atoms with Gasteiger partial charge in [-0.15, -0.1) is 11.3 Å². The van der Waals surface area contributed by atoms with Crippen LogP contribution in [0.2, 0.25) is 0 Å². The molecule has 0 fully saturated rings. The molecule has 96 valence electrons. The lowest BCUT2D eigenvalue weighted by molar-refractivity contribution is 0.244. The van der Waals surface area contributed by atoms with Crippen molar-refractivity contribution in [1.29, 1.82) is 0 Å². The van der Waals surface area contributed by atoms with Gasteiger partial charge in [0.2, 0.25) is 0 Å². The van der Waals surface area contributed by atoms with Gasteiger partial charge in [-0.25, -0.2) is 0 Å². The van der Waals surface area contributed by atoms with Crippen molar-refractivity contribution in [2.24, 2.45) is 0 Å². The van der Waals surface area contributed by atoms with Crippen molar-refractivity contribution in [1.82, 2.24) is 5.32 Å². The molecule has 0 amide bonds. The number of thiophene rings is 1. The zero-order valence-corrected chi connectivity index (χ0v) is 11.4. The third-order valence-electron chi connectivity index (χ3n) is 3.08. The second-order valence-electron chi connectivity index (χ2n) is 4.29. The van der Waals surface area contributed by atoms with E-state index in [-0.39, 0.29) is 12.6 Å². The molecule has 2 nitrogen and oxygen atoms in total. The van der Waals surface area contributed by atoms with Crippen LogP contribution in [0.15, 0.2) is 41.8 Å². The summed E-state index contributed by atoms with van der Waals surface area (Å²) < 4.78 is 0. The first-order valence-corrected chi connectivity index (χ1v) is 7.17. The Hall–Kier alpha value is -1.16. The molecule has 0 saturated carbocycles. The summed E-state index contributed by atoms with van der Waals surface area (Å²) in [5.41, 5.74) is 2.47. The fourth-order valence-electron chi connectivity index (χ4n) is 1.91. The molecule has 0 bridgehead atoms. The highest BCUT2D eigenvalue weighted by Crippen LogP contribution is 2.16. The summed E-state index contributed by atoms with van der Waals surface area (Å²) in [7, 11) is 0. The fourth-order valence-corrected chi connectivity index (χ4v) is 2.57. The molecule has 1 atom stereocenters. The molecule has 2 rings (SSSR count). The molecule has 0 radical (unpaired) electrons. The van der Waals surface area contributed by atoms with Crippen LogP contribution in [0.1, 0.15) is 29.0 Å². The first kappa shape index (κ1) is 13.3. The smallest absolute Gasteiger partial charge is 0.0626 e. The number of aliphatic hydroxyl groups is 1. The molecule has 0 saturated heterocycles. The molecule has 3 heteroatoms. The van der Waals surface area contributed by atoms with E-state index in [0.717, 1.165) is 18.5 Å². The molecular weight excluding hydrogens is 242 g/mol. The minimum atomic E-state index is 0.0120. The monoisotopic (exact) mass is 261 g/mol. The maximum atomic E-state index is 9.48. The molecule has 0 aliphatic heterocycles. The lowest BCUT2D eigenvalue weighted by atomic mass is 10.0. The average molecular weight is 261 g/mol. The van der Waals surface area contributed by atoms with Crippen LogP contribution in [-0.2, 0) is 13.0 Å². The molecule has 2 N–H and O–H groups in total. The Morgan fingerprint density at radius 2 is 2.00 bits per heavy atom. The second-order valence-corrected chi connectivity index (χ2v) is 5.32. The van der Waals surface area contributed by atoms with E-state index in [9.17, 15) is 5.11 Å². The van der Waals surface area contributed by atoms with Gasteiger partial charge in [0.25, 0.3) is 0 Å². The standard InChI is InChI=1S/C15H19NOS/c1-2-12-5-7-13(8-6-12)15(11-17)16-10-14-4-3-9-18-14/h3-9,15-17H,2,10-11H2,1H3. The Bertz CT molecular complexity index is 450. The van der Waals surface area contributed by atoms with Crippen molar-refractivity contribution >= 4 is 11.3 Å². The highest BCUT2D eigenvalue weighted by Gasteiger charge is 2.09. The van der Waals surface area contributed by atoms with Gasteiger partial charge in [-0.1, -0.05) is 37.3 Å². The van der Waals surface area contributed by atoms with Gasteiger partial charge in [-0.3, -0.25) is 0 Å². The van der Waals surface area contributed by atoms with Crippen molar-refractivity contribution in [3.8, 4) is 0 Å². The number of nitrogens with one attached hydrogen (secondary N) is 1. The van der Waals surface area contributed by atoms with E-state index in [1.807, 2.05) is 6.07 Å². The van der Waals surface area contributed by atoms with Gasteiger partial charge in [0.1, 0.15) is 0 Å². The van der Waals surface area contributed by atoms with Crippen LogP contribution < -0.4 is 5.32 Å². The van der Waals surface area contributed by atoms with Crippen molar-refractivity contribution in [3.63, 3.8) is 0 Å². The zero-order chi connectivity index (χ0) is 12.8. The fraction of sp³-hybridized carbons (Fsp3) is 0.333. The van der Waals surface area contributed by atoms with E-state index in [2.05, 4.69) is 48.0 Å². The second kappa shape index (κ2) is 6.69. The van der Waals surface area contributed by atoms with Crippen LogP contribution in [0.5, 0.6) is 0 Å². The Morgan fingerprint density at radius 1 is 1.22 bits per heavy atom. The third kappa shape index (κ3) is 3.42. The summed E-state index contributed by atoms with van der Waals surface area (Å²) in [4.78, 5) is 1.29. The minimum absolute atomic E-state index is 0.0120. The van der Waals surface area contributed by atoms with Crippen LogP contribution in [0.25, 0.3) is 0 Å². The molecular formula is C15H19NOS. The maximum Gasteiger partial charge on any atom is 0.0626 e. The Morgan fingerprint density at radius 3 is 2.56 bits per heavy atom. The predicted octanol–water partition coefficient (Wildman–Crippen LogP) is 3.13. The number of aliphatic hydroxyl groups excluding tert-OH is 1. The largest absolute Gasteiger partial charge is 0.394 e. The molecule has 1 aromatic heterocycles. The molecule has 0 aliphatic carbocycles. The van der Waals surface area contributed by atoms with E-state index >= 15 is 0 Å². The third-order valence-corrected chi connectivity index (χ3v) is 3.95. The lowest BCUT2D eigenvalue weighted by Gasteiger charge is -2.16. The first-order chi connectivity index (χ1) is 8.83. The molecule has 1 heterocycles. The number of aryl methyl sites for hydroxylation is 1. The SMILES string of the molecule is CCc1ccc(C(CO)NCc2cccs2)cc1. The highest BCUT2D eigenvalue weighted by atomic mass is 32.1. The lowest BCUT2D eigenvalue weighted by Crippen LogP contribution is -2.23. The Balaban J connectivity index is 1.98. The molecule has 18 heavy (non-hydrogen) atoms. The highest BCUT2D eigenvalue weighted by molar-refractivity contribution is 7.09. The first-order valence-electron chi connectivity index (χ1n) is 6.29. The quantitative estimate of drug-likeness (QED) is 0.837. The van der Waals surface area contributed by atoms with E-state index in [1.54, 1.807) is 11.3 Å². The van der Waals surface area contributed by atoms with Crippen molar-refractivity contribution < 1.29 is 5.11 Å². The molecule has 1 unspecified atom stereocenters. The van der Waals surface area contributed by atoms with Crippen molar-refractivity contribution in [2.75, 3.05) is 6.61 Å². The molecule has 2 aromatic rings. The molecule has 1 aromatic carbocycles. The average Bonchev–Trinajstić information content (AvgIpc) is 2.93. The topological polar surface area (TPSA) is 32.3 Å². The zero-order valence-electron chi connectivity index (χ0n) is 10.6. The van der Waals surface area contributed by atoms with Crippen LogP contribution in [0.4, 0.5) is 0 Å². The number of benzene rings is 1. The molecule has 0 spiro atoms. The number of hydrogen-bond acceptors (Lipinski definition) is 3. The van der Waals surface area contributed by atoms with Crippen molar-refractivity contribution in [2.45, 2.75) is 25.9 Å². The molecule has 0 aliphatic rings. The predicted molar refractivity (Wildman–Crippen MR) is 76.8 cm³/mol. The van der Waals surface area contributed by atoms with E-state index in [4.69, 9.17) is 0 Å². The summed E-state index contributed by atoms with van der Waals surface area (Å²) in [6, 6.07) is 12.6. The summed E-state index contributed by atoms with van der Waals surface area (Å²) in [5.74, 6) is 0. The number of hydrogen-bond donors (Lipinski definition) is 2. The van der Waals surface area contributed by atoms with Gasteiger partial charge in [0, 0.05) is 11.4 Å². The van der Waals surface area contributed by atoms with Gasteiger partial charge in [-0.05, 0) is 29.0 Å². The van der Waals surface area contributed by atoms with E-state index < -0.39 is 0 Å².